The molecule has 2 atom stereocenters. The fourth-order valence-corrected chi connectivity index (χ4v) is 4.12. The summed E-state index contributed by atoms with van der Waals surface area (Å²) in [5.41, 5.74) is 13.7. The van der Waals surface area contributed by atoms with Crippen LogP contribution in [0.4, 0.5) is 21.7 Å². The number of aromatic nitrogens is 2. The number of carbonyl (C=O) groups excluding carboxylic acids is 1. The van der Waals surface area contributed by atoms with E-state index in [1.807, 2.05) is 24.3 Å². The van der Waals surface area contributed by atoms with Gasteiger partial charge >= 0.3 is 0 Å². The third-order valence-corrected chi connectivity index (χ3v) is 5.90. The SMILES string of the molecule is NC(=O)c1cc(F)c(N[C@@H]2CCCC[C@@H]2N)nc1Nc1cncc(-c2ccccc2Cl)c1. The molecular formula is C23H24ClFN6O. The molecule has 1 aliphatic carbocycles. The first kappa shape index (κ1) is 22.0. The number of nitrogens with zero attached hydrogens (tertiary/aromatic N) is 2. The van der Waals surface area contributed by atoms with Gasteiger partial charge in [-0.3, -0.25) is 9.78 Å². The summed E-state index contributed by atoms with van der Waals surface area (Å²) in [7, 11) is 0. The third-order valence-electron chi connectivity index (χ3n) is 5.57. The second kappa shape index (κ2) is 9.50. The van der Waals surface area contributed by atoms with Gasteiger partial charge in [0.25, 0.3) is 5.91 Å². The molecule has 6 N–H and O–H groups in total. The van der Waals surface area contributed by atoms with E-state index in [9.17, 15) is 9.18 Å². The molecule has 0 saturated heterocycles. The Morgan fingerprint density at radius 1 is 1.12 bits per heavy atom. The van der Waals surface area contributed by atoms with Gasteiger partial charge in [0.1, 0.15) is 5.82 Å². The molecule has 9 heteroatoms. The molecular weight excluding hydrogens is 431 g/mol. The second-order valence-electron chi connectivity index (χ2n) is 7.85. The molecule has 1 aromatic carbocycles. The lowest BCUT2D eigenvalue weighted by Gasteiger charge is -2.30. The Kier molecular flexibility index (Phi) is 6.53. The number of nitrogens with one attached hydrogen (secondary N) is 2. The first-order chi connectivity index (χ1) is 15.4. The molecule has 1 amide bonds. The number of amides is 1. The lowest BCUT2D eigenvalue weighted by atomic mass is 9.91. The number of rotatable bonds is 6. The van der Waals surface area contributed by atoms with Gasteiger partial charge in [0.05, 0.1) is 17.4 Å². The van der Waals surface area contributed by atoms with Crippen molar-refractivity contribution < 1.29 is 9.18 Å². The lowest BCUT2D eigenvalue weighted by molar-refractivity contribution is 0.100. The number of benzene rings is 1. The predicted octanol–water partition coefficient (Wildman–Crippen LogP) is 4.46. The van der Waals surface area contributed by atoms with Crippen LogP contribution in [0.3, 0.4) is 0 Å². The molecule has 32 heavy (non-hydrogen) atoms. The smallest absolute Gasteiger partial charge is 0.252 e. The Bertz CT molecular complexity index is 1140. The maximum atomic E-state index is 14.7. The van der Waals surface area contributed by atoms with E-state index < -0.39 is 11.7 Å². The summed E-state index contributed by atoms with van der Waals surface area (Å²) in [4.78, 5) is 20.5. The fourth-order valence-electron chi connectivity index (χ4n) is 3.88. The maximum absolute atomic E-state index is 14.7. The Hall–Kier alpha value is -3.23. The Morgan fingerprint density at radius 3 is 2.66 bits per heavy atom. The zero-order valence-electron chi connectivity index (χ0n) is 17.3. The largest absolute Gasteiger partial charge is 0.365 e. The van der Waals surface area contributed by atoms with Crippen LogP contribution in [0.5, 0.6) is 0 Å². The predicted molar refractivity (Wildman–Crippen MR) is 125 cm³/mol. The summed E-state index contributed by atoms with van der Waals surface area (Å²) in [5, 5.41) is 6.73. The van der Waals surface area contributed by atoms with Gasteiger partial charge in [0.2, 0.25) is 0 Å². The van der Waals surface area contributed by atoms with Gasteiger partial charge in [0.15, 0.2) is 11.6 Å². The summed E-state index contributed by atoms with van der Waals surface area (Å²) in [6, 6.07) is 10.1. The maximum Gasteiger partial charge on any atom is 0.252 e. The highest BCUT2D eigenvalue weighted by Gasteiger charge is 2.24. The van der Waals surface area contributed by atoms with E-state index in [0.29, 0.717) is 10.7 Å². The van der Waals surface area contributed by atoms with Crippen molar-refractivity contribution >= 4 is 34.8 Å². The number of hydrogen-bond acceptors (Lipinski definition) is 6. The fraction of sp³-hybridized carbons (Fsp3) is 0.261. The summed E-state index contributed by atoms with van der Waals surface area (Å²) in [6.07, 6.45) is 7.00. The minimum Gasteiger partial charge on any atom is -0.365 e. The summed E-state index contributed by atoms with van der Waals surface area (Å²) >= 11 is 6.30. The Morgan fingerprint density at radius 2 is 1.91 bits per heavy atom. The molecule has 3 aromatic rings. The third kappa shape index (κ3) is 4.81. The first-order valence-corrected chi connectivity index (χ1v) is 10.8. The number of carbonyl (C=O) groups is 1. The average molecular weight is 455 g/mol. The molecule has 4 rings (SSSR count). The van der Waals surface area contributed by atoms with Crippen LogP contribution in [0.25, 0.3) is 11.1 Å². The van der Waals surface area contributed by atoms with E-state index in [1.54, 1.807) is 18.5 Å². The van der Waals surface area contributed by atoms with Crippen LogP contribution in [0.15, 0.2) is 48.8 Å². The van der Waals surface area contributed by atoms with Crippen LogP contribution in [0.2, 0.25) is 5.02 Å². The van der Waals surface area contributed by atoms with E-state index in [1.165, 1.54) is 0 Å². The lowest BCUT2D eigenvalue weighted by Crippen LogP contribution is -2.43. The molecule has 0 spiro atoms. The highest BCUT2D eigenvalue weighted by atomic mass is 35.5. The van der Waals surface area contributed by atoms with Crippen LogP contribution in [0, 0.1) is 5.82 Å². The van der Waals surface area contributed by atoms with Crippen molar-refractivity contribution in [1.29, 1.82) is 0 Å². The topological polar surface area (TPSA) is 119 Å². The molecule has 2 aromatic heterocycles. The van der Waals surface area contributed by atoms with Crippen molar-refractivity contribution in [2.75, 3.05) is 10.6 Å². The number of pyridine rings is 2. The summed E-state index contributed by atoms with van der Waals surface area (Å²) < 4.78 is 14.7. The number of primary amides is 1. The molecule has 1 fully saturated rings. The van der Waals surface area contributed by atoms with Crippen LogP contribution in [-0.2, 0) is 0 Å². The van der Waals surface area contributed by atoms with Crippen LogP contribution in [-0.4, -0.2) is 28.0 Å². The minimum absolute atomic E-state index is 0.0232. The molecule has 166 valence electrons. The average Bonchev–Trinajstić information content (AvgIpc) is 2.77. The van der Waals surface area contributed by atoms with Gasteiger partial charge in [-0.15, -0.1) is 0 Å². The van der Waals surface area contributed by atoms with Crippen LogP contribution < -0.4 is 22.1 Å². The van der Waals surface area contributed by atoms with E-state index in [-0.39, 0.29) is 29.3 Å². The highest BCUT2D eigenvalue weighted by Crippen LogP contribution is 2.31. The highest BCUT2D eigenvalue weighted by molar-refractivity contribution is 6.33. The van der Waals surface area contributed by atoms with Crippen molar-refractivity contribution in [2.24, 2.45) is 11.5 Å². The molecule has 1 aliphatic rings. The van der Waals surface area contributed by atoms with Gasteiger partial charge in [-0.05, 0) is 31.0 Å². The van der Waals surface area contributed by atoms with Crippen LogP contribution in [0.1, 0.15) is 36.0 Å². The van der Waals surface area contributed by atoms with Crippen molar-refractivity contribution in [3.63, 3.8) is 0 Å². The molecule has 1 saturated carbocycles. The van der Waals surface area contributed by atoms with E-state index in [0.717, 1.165) is 42.9 Å². The molecule has 7 nitrogen and oxygen atoms in total. The zero-order valence-corrected chi connectivity index (χ0v) is 18.1. The van der Waals surface area contributed by atoms with Gasteiger partial charge in [-0.1, -0.05) is 42.6 Å². The number of anilines is 3. The molecule has 0 radical (unpaired) electrons. The van der Waals surface area contributed by atoms with Gasteiger partial charge in [-0.2, -0.15) is 0 Å². The molecule has 0 bridgehead atoms. The normalized spacial score (nSPS) is 18.2. The zero-order chi connectivity index (χ0) is 22.7. The van der Waals surface area contributed by atoms with Crippen molar-refractivity contribution in [3.8, 4) is 11.1 Å². The quantitative estimate of drug-likeness (QED) is 0.436. The number of halogens is 2. The molecule has 2 heterocycles. The van der Waals surface area contributed by atoms with E-state index >= 15 is 0 Å². The molecule has 0 unspecified atom stereocenters. The number of hydrogen-bond donors (Lipinski definition) is 4. The Balaban J connectivity index is 1.66. The monoisotopic (exact) mass is 454 g/mol. The van der Waals surface area contributed by atoms with Gasteiger partial charge in [-0.25, -0.2) is 9.37 Å². The first-order valence-electron chi connectivity index (χ1n) is 10.4. The van der Waals surface area contributed by atoms with Crippen LogP contribution >= 0.6 is 11.6 Å². The minimum atomic E-state index is -0.796. The summed E-state index contributed by atoms with van der Waals surface area (Å²) in [6.45, 7) is 0. The number of nitrogens with two attached hydrogens (primary N) is 2. The van der Waals surface area contributed by atoms with Crippen molar-refractivity contribution in [1.82, 2.24) is 9.97 Å². The molecule has 0 aliphatic heterocycles. The van der Waals surface area contributed by atoms with E-state index in [4.69, 9.17) is 23.1 Å². The van der Waals surface area contributed by atoms with Crippen molar-refractivity contribution in [3.05, 3.63) is 65.2 Å². The second-order valence-corrected chi connectivity index (χ2v) is 8.25. The van der Waals surface area contributed by atoms with Gasteiger partial charge in [0, 0.05) is 34.4 Å². The Labute approximate surface area is 190 Å². The van der Waals surface area contributed by atoms with Crippen molar-refractivity contribution in [2.45, 2.75) is 37.8 Å². The standard InChI is InChI=1S/C23H24ClFN6O/c24-17-6-2-1-5-15(17)13-9-14(12-28-11-13)29-22-16(21(27)32)10-18(25)23(31-22)30-20-8-4-3-7-19(20)26/h1-2,5-6,9-12,19-20H,3-4,7-8,26H2,(H2,27,32)(H2,29,30,31)/t19-,20+/m0/s1. The van der Waals surface area contributed by atoms with E-state index in [2.05, 4.69) is 20.6 Å². The van der Waals surface area contributed by atoms with Gasteiger partial charge < -0.3 is 22.1 Å². The summed E-state index contributed by atoms with van der Waals surface area (Å²) in [5.74, 6) is -1.31.